The predicted molar refractivity (Wildman–Crippen MR) is 160 cm³/mol. The Kier molecular flexibility index (Phi) is 9.07. The van der Waals surface area contributed by atoms with Crippen molar-refractivity contribution < 1.29 is 19.1 Å². The Labute approximate surface area is 251 Å². The molecular weight excluding hydrogens is 610 g/mol. The molecule has 0 radical (unpaired) electrons. The number of hydrogen-bond donors (Lipinski definition) is 0. The average Bonchev–Trinajstić information content (AvgIpc) is 3.29. The second-order valence-corrected chi connectivity index (χ2v) is 10.9. The summed E-state index contributed by atoms with van der Waals surface area (Å²) in [4.78, 5) is 42.6. The van der Waals surface area contributed by atoms with Crippen LogP contribution in [0.2, 0.25) is 5.02 Å². The van der Waals surface area contributed by atoms with Gasteiger partial charge in [0.25, 0.3) is 5.91 Å². The van der Waals surface area contributed by atoms with E-state index < -0.39 is 0 Å². The number of ether oxygens (including phenoxy) is 2. The first kappa shape index (κ1) is 28.9. The number of ketones is 1. The first-order chi connectivity index (χ1) is 19.9. The zero-order valence-corrected chi connectivity index (χ0v) is 24.9. The molecule has 0 unspecified atom stereocenters. The largest absolute Gasteiger partial charge is 0.491 e. The maximum atomic E-state index is 13.8. The van der Waals surface area contributed by atoms with E-state index in [1.165, 1.54) is 4.57 Å². The SMILES string of the molecule is COCCOc1ccc(-n2c(C(=O)CCc3ccccc3)c3n(c2=O)CCN(C(=O)c2ccc(Br)c(Cl)c2)C3)cc1. The molecule has 8 nitrogen and oxygen atoms in total. The fourth-order valence-electron chi connectivity index (χ4n) is 4.93. The first-order valence-corrected chi connectivity index (χ1v) is 14.4. The molecule has 0 bridgehead atoms. The molecule has 0 saturated heterocycles. The number of carbonyl (C=O) groups excluding carboxylic acids is 2. The molecule has 41 heavy (non-hydrogen) atoms. The molecule has 1 amide bonds. The van der Waals surface area contributed by atoms with Gasteiger partial charge in [0.1, 0.15) is 18.1 Å². The number of carbonyl (C=O) groups is 2. The Morgan fingerprint density at radius 3 is 2.44 bits per heavy atom. The first-order valence-electron chi connectivity index (χ1n) is 13.3. The molecule has 0 aliphatic carbocycles. The molecule has 10 heteroatoms. The maximum Gasteiger partial charge on any atom is 0.333 e. The van der Waals surface area contributed by atoms with Gasteiger partial charge in [0.2, 0.25) is 0 Å². The molecule has 2 heterocycles. The van der Waals surface area contributed by atoms with Gasteiger partial charge in [-0.3, -0.25) is 18.7 Å². The van der Waals surface area contributed by atoms with Gasteiger partial charge >= 0.3 is 5.69 Å². The van der Waals surface area contributed by atoms with E-state index >= 15 is 0 Å². The van der Waals surface area contributed by atoms with Crippen molar-refractivity contribution in [2.24, 2.45) is 0 Å². The molecule has 1 aliphatic rings. The van der Waals surface area contributed by atoms with E-state index in [1.807, 2.05) is 30.3 Å². The topological polar surface area (TPSA) is 82.8 Å². The lowest BCUT2D eigenvalue weighted by Crippen LogP contribution is -2.41. The molecule has 0 atom stereocenters. The molecule has 1 aliphatic heterocycles. The van der Waals surface area contributed by atoms with E-state index in [0.29, 0.717) is 64.1 Å². The quantitative estimate of drug-likeness (QED) is 0.168. The van der Waals surface area contributed by atoms with E-state index in [-0.39, 0.29) is 36.9 Å². The lowest BCUT2D eigenvalue weighted by molar-refractivity contribution is 0.0707. The number of nitrogens with zero attached hydrogens (tertiary/aromatic N) is 3. The van der Waals surface area contributed by atoms with Crippen molar-refractivity contribution in [3.8, 4) is 11.4 Å². The van der Waals surface area contributed by atoms with Crippen LogP contribution >= 0.6 is 27.5 Å². The smallest absolute Gasteiger partial charge is 0.333 e. The van der Waals surface area contributed by atoms with Gasteiger partial charge in [-0.15, -0.1) is 0 Å². The van der Waals surface area contributed by atoms with E-state index in [2.05, 4.69) is 15.9 Å². The Bertz CT molecular complexity index is 1620. The molecule has 0 N–H and O–H groups in total. The highest BCUT2D eigenvalue weighted by Gasteiger charge is 2.32. The van der Waals surface area contributed by atoms with Crippen LogP contribution in [-0.2, 0) is 24.2 Å². The van der Waals surface area contributed by atoms with Crippen LogP contribution in [0.1, 0.15) is 38.5 Å². The van der Waals surface area contributed by atoms with Crippen molar-refractivity contribution in [2.75, 3.05) is 26.9 Å². The summed E-state index contributed by atoms with van der Waals surface area (Å²) >= 11 is 9.60. The molecule has 3 aromatic carbocycles. The minimum atomic E-state index is -0.310. The number of amides is 1. The van der Waals surface area contributed by atoms with E-state index in [1.54, 1.807) is 59.0 Å². The molecule has 0 spiro atoms. The number of aryl methyl sites for hydroxylation is 1. The monoisotopic (exact) mass is 637 g/mol. The summed E-state index contributed by atoms with van der Waals surface area (Å²) in [6, 6.07) is 21.8. The summed E-state index contributed by atoms with van der Waals surface area (Å²) in [5, 5.41) is 0.433. The van der Waals surface area contributed by atoms with E-state index in [9.17, 15) is 14.4 Å². The van der Waals surface area contributed by atoms with Crippen LogP contribution < -0.4 is 10.4 Å². The van der Waals surface area contributed by atoms with Crippen molar-refractivity contribution >= 4 is 39.2 Å². The summed E-state index contributed by atoms with van der Waals surface area (Å²) in [6.45, 7) is 1.57. The summed E-state index contributed by atoms with van der Waals surface area (Å²) in [6.07, 6.45) is 0.750. The van der Waals surface area contributed by atoms with Crippen LogP contribution in [-0.4, -0.2) is 52.6 Å². The van der Waals surface area contributed by atoms with Gasteiger partial charge < -0.3 is 14.4 Å². The third-order valence-electron chi connectivity index (χ3n) is 7.03. The highest BCUT2D eigenvalue weighted by Crippen LogP contribution is 2.27. The zero-order valence-electron chi connectivity index (χ0n) is 22.5. The molecular formula is C31H29BrClN3O5. The Hall–Kier alpha value is -3.66. The molecule has 5 rings (SSSR count). The standard InChI is InChI=1S/C31H29BrClN3O5/c1-40-17-18-41-24-11-9-23(10-12-24)36-29(28(37)14-7-21-5-3-2-4-6-21)27-20-34(15-16-35(27)31(36)39)30(38)22-8-13-25(32)26(33)19-22/h2-6,8-13,19H,7,14-18,20H2,1H3. The number of Topliss-reactive ketones (excluding diaryl/α,β-unsaturated/α-hetero) is 1. The van der Waals surface area contributed by atoms with Crippen molar-refractivity contribution in [2.45, 2.75) is 25.9 Å². The number of hydrogen-bond acceptors (Lipinski definition) is 5. The predicted octanol–water partition coefficient (Wildman–Crippen LogP) is 5.55. The maximum absolute atomic E-state index is 13.8. The number of fused-ring (bicyclic) bond motifs is 1. The summed E-state index contributed by atoms with van der Waals surface area (Å²) in [5.41, 5.74) is 2.53. The Morgan fingerprint density at radius 1 is 0.976 bits per heavy atom. The third-order valence-corrected chi connectivity index (χ3v) is 8.26. The lowest BCUT2D eigenvalue weighted by atomic mass is 10.0. The fourth-order valence-corrected chi connectivity index (χ4v) is 5.35. The van der Waals surface area contributed by atoms with Crippen LogP contribution in [0.3, 0.4) is 0 Å². The average molecular weight is 639 g/mol. The Morgan fingerprint density at radius 2 is 1.73 bits per heavy atom. The normalized spacial score (nSPS) is 12.7. The number of halogens is 2. The molecule has 0 saturated carbocycles. The molecule has 0 fully saturated rings. The number of benzene rings is 3. The van der Waals surface area contributed by atoms with Gasteiger partial charge in [-0.1, -0.05) is 41.9 Å². The minimum absolute atomic E-state index is 0.124. The highest BCUT2D eigenvalue weighted by molar-refractivity contribution is 9.10. The second-order valence-electron chi connectivity index (χ2n) is 9.66. The van der Waals surface area contributed by atoms with Crippen molar-refractivity contribution in [3.63, 3.8) is 0 Å². The van der Waals surface area contributed by atoms with E-state index in [4.69, 9.17) is 21.1 Å². The van der Waals surface area contributed by atoms with Gasteiger partial charge in [0.05, 0.1) is 29.6 Å². The number of rotatable bonds is 10. The van der Waals surface area contributed by atoms with Crippen LogP contribution in [0.4, 0.5) is 0 Å². The van der Waals surface area contributed by atoms with E-state index in [0.717, 1.165) is 5.56 Å². The molecule has 4 aromatic rings. The number of imidazole rings is 1. The highest BCUT2D eigenvalue weighted by atomic mass is 79.9. The summed E-state index contributed by atoms with van der Waals surface area (Å²) in [5.74, 6) is 0.247. The minimum Gasteiger partial charge on any atom is -0.491 e. The van der Waals surface area contributed by atoms with Crippen molar-refractivity contribution in [1.82, 2.24) is 14.0 Å². The van der Waals surface area contributed by atoms with Crippen LogP contribution in [0, 0.1) is 0 Å². The van der Waals surface area contributed by atoms with Gasteiger partial charge in [-0.05, 0) is 70.4 Å². The van der Waals surface area contributed by atoms with Gasteiger partial charge in [0, 0.05) is 36.7 Å². The fraction of sp³-hybridized carbons (Fsp3) is 0.258. The van der Waals surface area contributed by atoms with Crippen LogP contribution in [0.15, 0.2) is 82.1 Å². The van der Waals surface area contributed by atoms with Crippen molar-refractivity contribution in [3.05, 3.63) is 115 Å². The van der Waals surface area contributed by atoms with Gasteiger partial charge in [0.15, 0.2) is 5.78 Å². The van der Waals surface area contributed by atoms with Crippen LogP contribution in [0.5, 0.6) is 5.75 Å². The molecule has 212 valence electrons. The lowest BCUT2D eigenvalue weighted by Gasteiger charge is -2.28. The van der Waals surface area contributed by atoms with Crippen molar-refractivity contribution in [1.29, 1.82) is 0 Å². The third kappa shape index (κ3) is 6.32. The Balaban J connectivity index is 1.50. The van der Waals surface area contributed by atoms with Gasteiger partial charge in [-0.25, -0.2) is 4.79 Å². The number of aromatic nitrogens is 2. The van der Waals surface area contributed by atoms with Crippen LogP contribution in [0.25, 0.3) is 5.69 Å². The molecule has 1 aromatic heterocycles. The van der Waals surface area contributed by atoms with Gasteiger partial charge in [-0.2, -0.15) is 0 Å². The second kappa shape index (κ2) is 12.9. The summed E-state index contributed by atoms with van der Waals surface area (Å²) in [7, 11) is 1.60. The zero-order chi connectivity index (χ0) is 28.9. The summed E-state index contributed by atoms with van der Waals surface area (Å²) < 4.78 is 14.5. The number of methoxy groups -OCH3 is 1.